The van der Waals surface area contributed by atoms with Gasteiger partial charge in [-0.3, -0.25) is 0 Å². The third-order valence-corrected chi connectivity index (χ3v) is 3.63. The van der Waals surface area contributed by atoms with Gasteiger partial charge in [-0.2, -0.15) is 0 Å². The predicted molar refractivity (Wildman–Crippen MR) is 82.6 cm³/mol. The summed E-state index contributed by atoms with van der Waals surface area (Å²) < 4.78 is 13.4. The molecule has 1 unspecified atom stereocenters. The molecule has 0 aromatic heterocycles. The molecule has 2 rings (SSSR count). The molecule has 20 heavy (non-hydrogen) atoms. The van der Waals surface area contributed by atoms with Crippen LogP contribution in [0.3, 0.4) is 0 Å². The lowest BCUT2D eigenvalue weighted by Gasteiger charge is -2.24. The van der Waals surface area contributed by atoms with E-state index in [4.69, 9.17) is 17.3 Å². The fraction of sp³-hybridized carbons (Fsp3) is 0.250. The highest BCUT2D eigenvalue weighted by Crippen LogP contribution is 2.27. The van der Waals surface area contributed by atoms with Crippen molar-refractivity contribution in [2.24, 2.45) is 5.73 Å². The van der Waals surface area contributed by atoms with Crippen LogP contribution in [0.25, 0.3) is 0 Å². The zero-order valence-corrected chi connectivity index (χ0v) is 12.4. The summed E-state index contributed by atoms with van der Waals surface area (Å²) in [5.74, 6) is -0.271. The highest BCUT2D eigenvalue weighted by atomic mass is 35.5. The lowest BCUT2D eigenvalue weighted by molar-refractivity contribution is 0.622. The Morgan fingerprint density at radius 1 is 1.25 bits per heavy atom. The second-order valence-corrected chi connectivity index (χ2v) is 5.35. The summed E-state index contributed by atoms with van der Waals surface area (Å²) in [5, 5.41) is 0.726. The first-order chi connectivity index (χ1) is 9.49. The van der Waals surface area contributed by atoms with Crippen LogP contribution in [0.1, 0.15) is 24.1 Å². The van der Waals surface area contributed by atoms with Crippen molar-refractivity contribution in [2.45, 2.75) is 19.5 Å². The number of benzene rings is 2. The number of nitrogens with two attached hydrogens (primary N) is 1. The van der Waals surface area contributed by atoms with E-state index in [0.717, 1.165) is 21.8 Å². The minimum absolute atomic E-state index is 0.227. The Hall–Kier alpha value is -1.58. The van der Waals surface area contributed by atoms with E-state index in [1.807, 2.05) is 43.1 Å². The van der Waals surface area contributed by atoms with Crippen LogP contribution >= 0.6 is 11.6 Å². The van der Waals surface area contributed by atoms with Gasteiger partial charge in [0.1, 0.15) is 5.82 Å². The molecule has 0 radical (unpaired) electrons. The number of hydrogen-bond donors (Lipinski definition) is 1. The standard InChI is InChI=1S/C16H18ClFN2/c1-11(19)14-9-13(18)7-8-16(14)20(2)10-12-5-3-4-6-15(12)17/h3-9,11H,10,19H2,1-2H3. The summed E-state index contributed by atoms with van der Waals surface area (Å²) in [6, 6.07) is 12.2. The van der Waals surface area contributed by atoms with E-state index in [1.165, 1.54) is 12.1 Å². The molecule has 2 N–H and O–H groups in total. The van der Waals surface area contributed by atoms with Gasteiger partial charge in [0.15, 0.2) is 0 Å². The van der Waals surface area contributed by atoms with Crippen LogP contribution in [0.4, 0.5) is 10.1 Å². The van der Waals surface area contributed by atoms with E-state index in [2.05, 4.69) is 0 Å². The van der Waals surface area contributed by atoms with E-state index >= 15 is 0 Å². The topological polar surface area (TPSA) is 29.3 Å². The lowest BCUT2D eigenvalue weighted by Crippen LogP contribution is -2.20. The van der Waals surface area contributed by atoms with Crippen LogP contribution < -0.4 is 10.6 Å². The Bertz CT molecular complexity index is 599. The number of rotatable bonds is 4. The van der Waals surface area contributed by atoms with Gasteiger partial charge < -0.3 is 10.6 Å². The molecule has 0 fully saturated rings. The maximum Gasteiger partial charge on any atom is 0.123 e. The number of nitrogens with zero attached hydrogens (tertiary/aromatic N) is 1. The molecule has 0 spiro atoms. The smallest absolute Gasteiger partial charge is 0.123 e. The third kappa shape index (κ3) is 3.30. The van der Waals surface area contributed by atoms with E-state index in [1.54, 1.807) is 6.07 Å². The summed E-state index contributed by atoms with van der Waals surface area (Å²) in [4.78, 5) is 2.03. The fourth-order valence-electron chi connectivity index (χ4n) is 2.21. The Morgan fingerprint density at radius 2 is 1.95 bits per heavy atom. The van der Waals surface area contributed by atoms with Crippen molar-refractivity contribution < 1.29 is 4.39 Å². The number of hydrogen-bond acceptors (Lipinski definition) is 2. The van der Waals surface area contributed by atoms with Crippen molar-refractivity contribution in [3.05, 3.63) is 64.4 Å². The number of anilines is 1. The first kappa shape index (κ1) is 14.8. The van der Waals surface area contributed by atoms with Crippen molar-refractivity contribution in [3.63, 3.8) is 0 Å². The molecule has 0 saturated carbocycles. The summed E-state index contributed by atoms with van der Waals surface area (Å²) in [6.45, 7) is 2.49. The van der Waals surface area contributed by atoms with Crippen molar-refractivity contribution in [1.82, 2.24) is 0 Å². The van der Waals surface area contributed by atoms with Gasteiger partial charge in [0.25, 0.3) is 0 Å². The molecule has 0 saturated heterocycles. The molecule has 1 atom stereocenters. The minimum Gasteiger partial charge on any atom is -0.370 e. The summed E-state index contributed by atoms with van der Waals surface area (Å²) >= 11 is 6.17. The molecule has 2 nitrogen and oxygen atoms in total. The Morgan fingerprint density at radius 3 is 2.60 bits per heavy atom. The SMILES string of the molecule is CC(N)c1cc(F)ccc1N(C)Cc1ccccc1Cl. The van der Waals surface area contributed by atoms with Crippen LogP contribution in [-0.4, -0.2) is 7.05 Å². The molecule has 0 aliphatic heterocycles. The van der Waals surface area contributed by atoms with Crippen molar-refractivity contribution in [3.8, 4) is 0 Å². The Labute approximate surface area is 124 Å². The van der Waals surface area contributed by atoms with Gasteiger partial charge in [-0.15, -0.1) is 0 Å². The third-order valence-electron chi connectivity index (χ3n) is 3.26. The molecule has 0 aliphatic rings. The molecule has 0 heterocycles. The largest absolute Gasteiger partial charge is 0.370 e. The van der Waals surface area contributed by atoms with Gasteiger partial charge in [0.05, 0.1) is 0 Å². The van der Waals surface area contributed by atoms with Crippen molar-refractivity contribution >= 4 is 17.3 Å². The van der Waals surface area contributed by atoms with Gasteiger partial charge in [-0.25, -0.2) is 4.39 Å². The molecule has 2 aromatic carbocycles. The van der Waals surface area contributed by atoms with E-state index in [9.17, 15) is 4.39 Å². The lowest BCUT2D eigenvalue weighted by atomic mass is 10.1. The van der Waals surface area contributed by atoms with Gasteiger partial charge in [0, 0.05) is 30.3 Å². The van der Waals surface area contributed by atoms with E-state index in [-0.39, 0.29) is 11.9 Å². The molecule has 2 aromatic rings. The first-order valence-electron chi connectivity index (χ1n) is 6.48. The normalized spacial score (nSPS) is 12.2. The van der Waals surface area contributed by atoms with Crippen molar-refractivity contribution in [2.75, 3.05) is 11.9 Å². The average Bonchev–Trinajstić information content (AvgIpc) is 2.41. The highest BCUT2D eigenvalue weighted by Gasteiger charge is 2.13. The molecular weight excluding hydrogens is 275 g/mol. The first-order valence-corrected chi connectivity index (χ1v) is 6.86. The molecule has 4 heteroatoms. The zero-order valence-electron chi connectivity index (χ0n) is 11.6. The van der Waals surface area contributed by atoms with Crippen LogP contribution in [0.2, 0.25) is 5.02 Å². The van der Waals surface area contributed by atoms with Gasteiger partial charge >= 0.3 is 0 Å². The van der Waals surface area contributed by atoms with Gasteiger partial charge in [0.2, 0.25) is 0 Å². The quantitative estimate of drug-likeness (QED) is 0.918. The molecule has 0 bridgehead atoms. The fourth-order valence-corrected chi connectivity index (χ4v) is 2.40. The Balaban J connectivity index is 2.30. The van der Waals surface area contributed by atoms with Crippen molar-refractivity contribution in [1.29, 1.82) is 0 Å². The molecule has 0 aliphatic carbocycles. The van der Waals surface area contributed by atoms with Crippen LogP contribution in [0, 0.1) is 5.82 Å². The van der Waals surface area contributed by atoms with Crippen LogP contribution in [-0.2, 0) is 6.54 Å². The molecule has 106 valence electrons. The average molecular weight is 293 g/mol. The minimum atomic E-state index is -0.271. The summed E-state index contributed by atoms with van der Waals surface area (Å²) in [7, 11) is 1.95. The van der Waals surface area contributed by atoms with Gasteiger partial charge in [-0.1, -0.05) is 29.8 Å². The second-order valence-electron chi connectivity index (χ2n) is 4.94. The molecular formula is C16H18ClFN2. The van der Waals surface area contributed by atoms with Gasteiger partial charge in [-0.05, 0) is 42.3 Å². The maximum absolute atomic E-state index is 13.4. The predicted octanol–water partition coefficient (Wildman–Crippen LogP) is 4.14. The number of halogens is 2. The monoisotopic (exact) mass is 292 g/mol. The van der Waals surface area contributed by atoms with E-state index < -0.39 is 0 Å². The molecule has 0 amide bonds. The summed E-state index contributed by atoms with van der Waals surface area (Å²) in [5.41, 5.74) is 8.66. The van der Waals surface area contributed by atoms with Crippen LogP contribution in [0.5, 0.6) is 0 Å². The maximum atomic E-state index is 13.4. The zero-order chi connectivity index (χ0) is 14.7. The summed E-state index contributed by atoms with van der Waals surface area (Å²) in [6.07, 6.45) is 0. The highest BCUT2D eigenvalue weighted by molar-refractivity contribution is 6.31. The van der Waals surface area contributed by atoms with E-state index in [0.29, 0.717) is 6.54 Å². The Kier molecular flexibility index (Phi) is 4.63. The van der Waals surface area contributed by atoms with Crippen LogP contribution in [0.15, 0.2) is 42.5 Å². The second kappa shape index (κ2) is 6.25.